The molecule has 0 aliphatic carbocycles. The Morgan fingerprint density at radius 2 is 2.08 bits per heavy atom. The van der Waals surface area contributed by atoms with Crippen molar-refractivity contribution in [3.05, 3.63) is 30.3 Å². The molecule has 0 atom stereocenters. The SMILES string of the molecule is NNC(=O)CC[Se]c1ccccc1. The van der Waals surface area contributed by atoms with Crippen LogP contribution in [0, 0.1) is 0 Å². The first kappa shape index (κ1) is 10.3. The van der Waals surface area contributed by atoms with Crippen molar-refractivity contribution in [1.82, 2.24) is 5.43 Å². The van der Waals surface area contributed by atoms with Crippen LogP contribution in [0.1, 0.15) is 6.42 Å². The van der Waals surface area contributed by atoms with Crippen LogP contribution in [0.2, 0.25) is 5.32 Å². The molecule has 1 rings (SSSR count). The maximum absolute atomic E-state index is 10.8. The molecular formula is C9H12N2OSe. The van der Waals surface area contributed by atoms with Crippen LogP contribution in [0.3, 0.4) is 0 Å². The van der Waals surface area contributed by atoms with Gasteiger partial charge in [0.05, 0.1) is 0 Å². The molecule has 0 saturated heterocycles. The van der Waals surface area contributed by atoms with Crippen LogP contribution < -0.4 is 15.7 Å². The van der Waals surface area contributed by atoms with Crippen molar-refractivity contribution >= 4 is 25.3 Å². The van der Waals surface area contributed by atoms with E-state index in [9.17, 15) is 4.79 Å². The molecule has 1 aromatic carbocycles. The van der Waals surface area contributed by atoms with Gasteiger partial charge in [-0.2, -0.15) is 0 Å². The number of carbonyl (C=O) groups is 1. The first-order valence-corrected chi connectivity index (χ1v) is 6.07. The summed E-state index contributed by atoms with van der Waals surface area (Å²) >= 11 is 0.383. The fourth-order valence-electron chi connectivity index (χ4n) is 0.850. The summed E-state index contributed by atoms with van der Waals surface area (Å²) in [6, 6.07) is 10.2. The Morgan fingerprint density at radius 3 is 2.69 bits per heavy atom. The van der Waals surface area contributed by atoms with Gasteiger partial charge in [-0.15, -0.1) is 0 Å². The van der Waals surface area contributed by atoms with Crippen LogP contribution in [-0.2, 0) is 4.79 Å². The molecule has 13 heavy (non-hydrogen) atoms. The second-order valence-corrected chi connectivity index (χ2v) is 4.93. The van der Waals surface area contributed by atoms with Crippen LogP contribution in [0.5, 0.6) is 0 Å². The van der Waals surface area contributed by atoms with E-state index in [-0.39, 0.29) is 5.91 Å². The van der Waals surface area contributed by atoms with Crippen LogP contribution in [0.15, 0.2) is 30.3 Å². The molecule has 70 valence electrons. The van der Waals surface area contributed by atoms with Crippen LogP contribution in [0.4, 0.5) is 0 Å². The molecule has 0 aliphatic rings. The van der Waals surface area contributed by atoms with Crippen LogP contribution in [-0.4, -0.2) is 20.9 Å². The number of amides is 1. The predicted octanol–water partition coefficient (Wildman–Crippen LogP) is -0.186. The Labute approximate surface area is 83.8 Å². The molecule has 3 nitrogen and oxygen atoms in total. The molecule has 0 aromatic heterocycles. The second kappa shape index (κ2) is 5.75. The van der Waals surface area contributed by atoms with Crippen molar-refractivity contribution in [3.63, 3.8) is 0 Å². The fraction of sp³-hybridized carbons (Fsp3) is 0.222. The minimum atomic E-state index is -0.0854. The first-order valence-electron chi connectivity index (χ1n) is 4.00. The van der Waals surface area contributed by atoms with Crippen molar-refractivity contribution in [2.24, 2.45) is 5.84 Å². The topological polar surface area (TPSA) is 55.1 Å². The third-order valence-corrected chi connectivity index (χ3v) is 3.63. The minimum absolute atomic E-state index is 0.0854. The Kier molecular flexibility index (Phi) is 4.54. The van der Waals surface area contributed by atoms with Gasteiger partial charge in [0.25, 0.3) is 0 Å². The van der Waals surface area contributed by atoms with Gasteiger partial charge in [-0.25, -0.2) is 0 Å². The summed E-state index contributed by atoms with van der Waals surface area (Å²) in [7, 11) is 0. The van der Waals surface area contributed by atoms with Gasteiger partial charge in [0, 0.05) is 0 Å². The quantitative estimate of drug-likeness (QED) is 0.333. The Balaban J connectivity index is 2.24. The van der Waals surface area contributed by atoms with E-state index < -0.39 is 0 Å². The molecule has 3 N–H and O–H groups in total. The van der Waals surface area contributed by atoms with Crippen LogP contribution in [0.25, 0.3) is 0 Å². The van der Waals surface area contributed by atoms with E-state index in [1.165, 1.54) is 4.46 Å². The molecule has 1 amide bonds. The van der Waals surface area contributed by atoms with Gasteiger partial charge in [0.2, 0.25) is 0 Å². The van der Waals surface area contributed by atoms with Gasteiger partial charge in [0.1, 0.15) is 0 Å². The molecule has 1 aromatic rings. The normalized spacial score (nSPS) is 9.62. The van der Waals surface area contributed by atoms with E-state index in [1.54, 1.807) is 0 Å². The summed E-state index contributed by atoms with van der Waals surface area (Å²) in [5.74, 6) is 4.87. The summed E-state index contributed by atoms with van der Waals surface area (Å²) < 4.78 is 1.32. The molecule has 0 spiro atoms. The van der Waals surface area contributed by atoms with Gasteiger partial charge in [-0.1, -0.05) is 0 Å². The van der Waals surface area contributed by atoms with Crippen LogP contribution >= 0.6 is 0 Å². The number of carbonyl (C=O) groups excluding carboxylic acids is 1. The third kappa shape index (κ3) is 4.08. The van der Waals surface area contributed by atoms with E-state index >= 15 is 0 Å². The van der Waals surface area contributed by atoms with Crippen molar-refractivity contribution in [2.45, 2.75) is 11.7 Å². The van der Waals surface area contributed by atoms with Gasteiger partial charge in [-0.05, 0) is 0 Å². The zero-order valence-corrected chi connectivity index (χ0v) is 8.91. The molecule has 0 heterocycles. The number of hydrogen-bond acceptors (Lipinski definition) is 2. The molecule has 0 unspecified atom stereocenters. The Morgan fingerprint density at radius 1 is 1.38 bits per heavy atom. The molecule has 0 bridgehead atoms. The Bertz CT molecular complexity index is 264. The number of benzene rings is 1. The zero-order valence-electron chi connectivity index (χ0n) is 7.19. The van der Waals surface area contributed by atoms with Crippen molar-refractivity contribution < 1.29 is 4.79 Å². The van der Waals surface area contributed by atoms with Gasteiger partial charge in [0.15, 0.2) is 0 Å². The van der Waals surface area contributed by atoms with E-state index in [4.69, 9.17) is 5.84 Å². The second-order valence-electron chi connectivity index (χ2n) is 2.48. The van der Waals surface area contributed by atoms with E-state index in [0.717, 1.165) is 5.32 Å². The Hall–Kier alpha value is -0.831. The molecule has 4 heteroatoms. The third-order valence-electron chi connectivity index (χ3n) is 1.50. The van der Waals surface area contributed by atoms with Gasteiger partial charge >= 0.3 is 83.5 Å². The number of hydrazine groups is 1. The van der Waals surface area contributed by atoms with Crippen molar-refractivity contribution in [2.75, 3.05) is 0 Å². The van der Waals surface area contributed by atoms with E-state index in [1.807, 2.05) is 18.2 Å². The van der Waals surface area contributed by atoms with E-state index in [0.29, 0.717) is 21.4 Å². The first-order chi connectivity index (χ1) is 6.33. The number of hydrogen-bond donors (Lipinski definition) is 2. The predicted molar refractivity (Wildman–Crippen MR) is 53.6 cm³/mol. The molecular weight excluding hydrogens is 231 g/mol. The van der Waals surface area contributed by atoms with Gasteiger partial charge < -0.3 is 0 Å². The number of nitrogens with two attached hydrogens (primary N) is 1. The van der Waals surface area contributed by atoms with E-state index in [2.05, 4.69) is 17.6 Å². The van der Waals surface area contributed by atoms with Crippen molar-refractivity contribution in [3.8, 4) is 0 Å². The summed E-state index contributed by atoms with van der Waals surface area (Å²) in [5, 5.41) is 0.903. The van der Waals surface area contributed by atoms with Crippen molar-refractivity contribution in [1.29, 1.82) is 0 Å². The fourth-order valence-corrected chi connectivity index (χ4v) is 2.68. The summed E-state index contributed by atoms with van der Waals surface area (Å²) in [5.41, 5.74) is 2.12. The maximum atomic E-state index is 10.8. The van der Waals surface area contributed by atoms with Gasteiger partial charge in [-0.3, -0.25) is 0 Å². The summed E-state index contributed by atoms with van der Waals surface area (Å²) in [6.45, 7) is 0. The summed E-state index contributed by atoms with van der Waals surface area (Å²) in [6.07, 6.45) is 0.519. The number of nitrogens with one attached hydrogen (secondary N) is 1. The monoisotopic (exact) mass is 244 g/mol. The summed E-state index contributed by atoms with van der Waals surface area (Å²) in [4.78, 5) is 10.8. The molecule has 0 fully saturated rings. The number of rotatable bonds is 4. The zero-order chi connectivity index (χ0) is 9.52. The average Bonchev–Trinajstić information content (AvgIpc) is 2.19. The molecule has 0 aliphatic heterocycles. The average molecular weight is 243 g/mol. The standard InChI is InChI=1S/C9H12N2OSe/c10-11-9(12)6-7-13-8-4-2-1-3-5-8/h1-5H,6-7,10H2,(H,11,12). The molecule has 0 radical (unpaired) electrons. The molecule has 0 saturated carbocycles.